The van der Waals surface area contributed by atoms with Gasteiger partial charge < -0.3 is 20.8 Å². The molecule has 0 bridgehead atoms. The number of amidine groups is 1. The minimum atomic E-state index is -1.02. The van der Waals surface area contributed by atoms with Crippen molar-refractivity contribution in [2.24, 2.45) is 29.4 Å². The number of imide groups is 1. The number of hydrogen-bond donors (Lipinski definition) is 4. The summed E-state index contributed by atoms with van der Waals surface area (Å²) in [6.07, 6.45) is 7.45. The van der Waals surface area contributed by atoms with Crippen LogP contribution in [-0.4, -0.2) is 72.0 Å². The number of rotatable bonds is 10. The Balaban J connectivity index is 1.29. The van der Waals surface area contributed by atoms with Gasteiger partial charge >= 0.3 is 17.7 Å². The van der Waals surface area contributed by atoms with E-state index in [0.29, 0.717) is 57.9 Å². The van der Waals surface area contributed by atoms with Gasteiger partial charge in [0.25, 0.3) is 11.5 Å². The molecule has 1 saturated heterocycles. The predicted molar refractivity (Wildman–Crippen MR) is 152 cm³/mol. The van der Waals surface area contributed by atoms with Gasteiger partial charge in [-0.3, -0.25) is 33.8 Å². The van der Waals surface area contributed by atoms with Gasteiger partial charge in [-0.05, 0) is 88.9 Å². The Bertz CT molecular complexity index is 1400. The molecule has 1 atom stereocenters. The fourth-order valence-corrected chi connectivity index (χ4v) is 7.46. The van der Waals surface area contributed by atoms with Crippen molar-refractivity contribution in [2.75, 3.05) is 13.6 Å². The highest BCUT2D eigenvalue weighted by Crippen LogP contribution is 2.42. The zero-order valence-corrected chi connectivity index (χ0v) is 24.4. The number of amides is 3. The molecule has 4 aliphatic rings. The van der Waals surface area contributed by atoms with E-state index < -0.39 is 40.5 Å². The summed E-state index contributed by atoms with van der Waals surface area (Å²) in [4.78, 5) is 67.1. The summed E-state index contributed by atoms with van der Waals surface area (Å²) >= 11 is 0. The van der Waals surface area contributed by atoms with Crippen LogP contribution in [0.15, 0.2) is 9.59 Å². The molecule has 1 aromatic heterocycles. The van der Waals surface area contributed by atoms with Crippen molar-refractivity contribution in [1.29, 1.82) is 5.41 Å². The molecule has 42 heavy (non-hydrogen) atoms. The second kappa shape index (κ2) is 11.2. The lowest BCUT2D eigenvalue weighted by Crippen LogP contribution is -2.50. The van der Waals surface area contributed by atoms with E-state index in [1.165, 1.54) is 11.6 Å². The third-order valence-electron chi connectivity index (χ3n) is 10.4. The Labute approximate surface area is 243 Å². The summed E-state index contributed by atoms with van der Waals surface area (Å²) in [6.45, 7) is 2.46. The van der Waals surface area contributed by atoms with E-state index in [9.17, 15) is 29.1 Å². The van der Waals surface area contributed by atoms with Crippen LogP contribution in [0.25, 0.3) is 0 Å². The highest BCUT2D eigenvalue weighted by atomic mass is 16.4. The van der Waals surface area contributed by atoms with Crippen LogP contribution in [0.3, 0.4) is 0 Å². The van der Waals surface area contributed by atoms with E-state index in [1.807, 2.05) is 0 Å². The summed E-state index contributed by atoms with van der Waals surface area (Å²) in [6, 6.07) is -0.773. The number of carbonyl (C=O) groups excluding carboxylic acids is 2. The van der Waals surface area contributed by atoms with Crippen LogP contribution >= 0.6 is 0 Å². The number of likely N-dealkylation sites (N-methyl/N-ethyl adjacent to an activating group) is 1. The minimum Gasteiger partial charge on any atom is -0.494 e. The number of nitrogens with one attached hydrogen (secondary N) is 1. The maximum Gasteiger partial charge on any atom is 0.334 e. The van der Waals surface area contributed by atoms with Crippen molar-refractivity contribution >= 4 is 23.7 Å². The molecule has 13 nitrogen and oxygen atoms in total. The van der Waals surface area contributed by atoms with Crippen molar-refractivity contribution in [3.8, 4) is 5.88 Å². The van der Waals surface area contributed by atoms with E-state index >= 15 is 0 Å². The summed E-state index contributed by atoms with van der Waals surface area (Å²) in [5, 5.41) is 27.8. The van der Waals surface area contributed by atoms with Gasteiger partial charge in [0, 0.05) is 26.2 Å². The van der Waals surface area contributed by atoms with Crippen molar-refractivity contribution in [3.63, 3.8) is 0 Å². The third kappa shape index (κ3) is 5.11. The quantitative estimate of drug-likeness (QED) is 0.182. The molecule has 5 N–H and O–H groups in total. The Hall–Kier alpha value is -3.64. The molecular weight excluding hydrogens is 544 g/mol. The number of carbonyl (C=O) groups is 3. The van der Waals surface area contributed by atoms with Crippen molar-refractivity contribution in [1.82, 2.24) is 18.9 Å². The van der Waals surface area contributed by atoms with E-state index in [4.69, 9.17) is 16.2 Å². The zero-order chi connectivity index (χ0) is 30.5. The third-order valence-corrected chi connectivity index (χ3v) is 10.4. The standard InChI is InChI=1S/C29H42N6O7/c1-29(26(40)32(2)27(41)34(29)11-10-18-12-19(13-18)25(38)39)14-16-6-8-20(9-7-16)35-24(37)21(22(30)31)23(36)33(28(35)42)15-17-4-3-5-17/h16-20,36H,3-15H2,1-2H3,(H3,30,31)(H,38,39)/t16?,18?,19?,20?,29-/m0/s1. The maximum absolute atomic E-state index is 13.5. The molecule has 230 valence electrons. The molecule has 1 aliphatic heterocycles. The first-order valence-corrected chi connectivity index (χ1v) is 15.1. The molecule has 13 heteroatoms. The average molecular weight is 587 g/mol. The van der Waals surface area contributed by atoms with Crippen LogP contribution in [0.2, 0.25) is 0 Å². The SMILES string of the molecule is CN1C(=O)N(CCC2CC(C(=O)O)C2)[C@@](C)(CC2CCC(n3c(=O)c(C(=N)N)c(O)n(CC4CCC4)c3=O)CC2)C1=O. The monoisotopic (exact) mass is 586 g/mol. The topological polar surface area (TPSA) is 192 Å². The Kier molecular flexibility index (Phi) is 7.97. The molecule has 3 amide bonds. The lowest BCUT2D eigenvalue weighted by molar-refractivity contribution is -0.146. The number of aromatic nitrogens is 2. The molecule has 0 spiro atoms. The summed E-state index contributed by atoms with van der Waals surface area (Å²) < 4.78 is 2.34. The highest BCUT2D eigenvalue weighted by Gasteiger charge is 2.53. The molecule has 2 heterocycles. The Morgan fingerprint density at radius 3 is 2.21 bits per heavy atom. The van der Waals surface area contributed by atoms with Crippen molar-refractivity contribution < 1.29 is 24.6 Å². The molecule has 0 unspecified atom stereocenters. The van der Waals surface area contributed by atoms with E-state index in [0.717, 1.165) is 28.7 Å². The number of aromatic hydroxyl groups is 1. The number of carboxylic acids is 1. The Morgan fingerprint density at radius 1 is 1.02 bits per heavy atom. The van der Waals surface area contributed by atoms with Crippen LogP contribution in [0.5, 0.6) is 5.88 Å². The lowest BCUT2D eigenvalue weighted by atomic mass is 9.73. The van der Waals surface area contributed by atoms with Crippen LogP contribution in [0.1, 0.15) is 89.2 Å². The number of hydrogen-bond acceptors (Lipinski definition) is 7. The van der Waals surface area contributed by atoms with Gasteiger partial charge in [-0.2, -0.15) is 0 Å². The van der Waals surface area contributed by atoms with Gasteiger partial charge in [0.2, 0.25) is 5.88 Å². The molecular formula is C29H42N6O7. The molecule has 5 rings (SSSR count). The van der Waals surface area contributed by atoms with Gasteiger partial charge in [-0.15, -0.1) is 0 Å². The first-order valence-electron chi connectivity index (χ1n) is 15.1. The van der Waals surface area contributed by atoms with Crippen molar-refractivity contribution in [2.45, 2.75) is 95.7 Å². The zero-order valence-electron chi connectivity index (χ0n) is 24.4. The van der Waals surface area contributed by atoms with Gasteiger partial charge in [0.1, 0.15) is 16.9 Å². The van der Waals surface area contributed by atoms with Gasteiger partial charge in [-0.1, -0.05) is 6.42 Å². The minimum absolute atomic E-state index is 0.0781. The number of nitrogens with zero attached hydrogens (tertiary/aromatic N) is 4. The van der Waals surface area contributed by atoms with Gasteiger partial charge in [0.05, 0.1) is 5.92 Å². The van der Waals surface area contributed by atoms with Crippen LogP contribution < -0.4 is 17.0 Å². The number of nitrogen functional groups attached to an aromatic ring is 1. The smallest absolute Gasteiger partial charge is 0.334 e. The number of carboxylic acid groups (broad SMARTS) is 1. The Morgan fingerprint density at radius 2 is 1.67 bits per heavy atom. The largest absolute Gasteiger partial charge is 0.494 e. The summed E-state index contributed by atoms with van der Waals surface area (Å²) in [5.41, 5.74) is 2.95. The molecule has 3 saturated carbocycles. The lowest BCUT2D eigenvalue weighted by Gasteiger charge is -2.39. The first kappa shape index (κ1) is 29.8. The van der Waals surface area contributed by atoms with Gasteiger partial charge in [-0.25, -0.2) is 9.59 Å². The molecule has 0 radical (unpaired) electrons. The normalized spacial score (nSPS) is 29.9. The fraction of sp³-hybridized carbons (Fsp3) is 0.724. The second-order valence-corrected chi connectivity index (χ2v) is 13.1. The van der Waals surface area contributed by atoms with Crippen LogP contribution in [0.4, 0.5) is 4.79 Å². The second-order valence-electron chi connectivity index (χ2n) is 13.1. The molecule has 4 fully saturated rings. The highest BCUT2D eigenvalue weighted by molar-refractivity contribution is 6.06. The first-order chi connectivity index (χ1) is 19.8. The number of urea groups is 1. The van der Waals surface area contributed by atoms with Crippen LogP contribution in [-0.2, 0) is 16.1 Å². The molecule has 3 aliphatic carbocycles. The average Bonchev–Trinajstić information content (AvgIpc) is 3.02. The van der Waals surface area contributed by atoms with Crippen molar-refractivity contribution in [3.05, 3.63) is 26.4 Å². The van der Waals surface area contributed by atoms with E-state index in [-0.39, 0.29) is 47.7 Å². The number of aliphatic carboxylic acids is 1. The van der Waals surface area contributed by atoms with Crippen LogP contribution in [0, 0.1) is 29.1 Å². The number of nitrogens with two attached hydrogens (primary N) is 1. The fourth-order valence-electron chi connectivity index (χ4n) is 7.46. The maximum atomic E-state index is 13.5. The molecule has 0 aromatic carbocycles. The van der Waals surface area contributed by atoms with Gasteiger partial charge in [0.15, 0.2) is 0 Å². The van der Waals surface area contributed by atoms with E-state index in [2.05, 4.69) is 0 Å². The van der Waals surface area contributed by atoms with E-state index in [1.54, 1.807) is 11.8 Å². The predicted octanol–water partition coefficient (Wildman–Crippen LogP) is 2.07. The molecule has 1 aromatic rings. The summed E-state index contributed by atoms with van der Waals surface area (Å²) in [7, 11) is 1.49. The summed E-state index contributed by atoms with van der Waals surface area (Å²) in [5.74, 6) is -1.97.